The summed E-state index contributed by atoms with van der Waals surface area (Å²) in [4.78, 5) is 24.7. The van der Waals surface area contributed by atoms with Crippen molar-refractivity contribution < 1.29 is 22.8 Å². The normalized spacial score (nSPS) is 15.6. The molecule has 0 aromatic heterocycles. The maximum Gasteiger partial charge on any atom is 0.416 e. The topological polar surface area (TPSA) is 37.4 Å². The first-order valence-corrected chi connectivity index (χ1v) is 5.32. The Labute approximate surface area is 101 Å². The third-order valence-electron chi connectivity index (χ3n) is 2.76. The quantitative estimate of drug-likeness (QED) is 0.725. The van der Waals surface area contributed by atoms with E-state index in [1.807, 2.05) is 0 Å². The molecule has 0 aliphatic carbocycles. The summed E-state index contributed by atoms with van der Waals surface area (Å²) in [5.74, 6) is -1.21. The minimum atomic E-state index is -4.52. The lowest BCUT2D eigenvalue weighted by atomic mass is 10.1. The third kappa shape index (κ3) is 1.77. The molecule has 1 aliphatic rings. The van der Waals surface area contributed by atoms with E-state index in [1.165, 1.54) is 0 Å². The van der Waals surface area contributed by atoms with Crippen molar-refractivity contribution >= 4 is 11.8 Å². The van der Waals surface area contributed by atoms with Gasteiger partial charge in [0.1, 0.15) is 0 Å². The standard InChI is InChI=1S/C12H10F3NO2/c1-6(2)16-10(17)8-4-3-7(12(13,14)15)5-9(8)11(16)18/h3-6H,1-2H3. The van der Waals surface area contributed by atoms with Crippen molar-refractivity contribution in [3.8, 4) is 0 Å². The maximum atomic E-state index is 12.5. The number of carbonyl (C=O) groups excluding carboxylic acids is 2. The summed E-state index contributed by atoms with van der Waals surface area (Å²) in [7, 11) is 0. The van der Waals surface area contributed by atoms with Gasteiger partial charge in [-0.3, -0.25) is 14.5 Å². The molecule has 0 fully saturated rings. The summed E-state index contributed by atoms with van der Waals surface area (Å²) in [6, 6.07) is 2.22. The van der Waals surface area contributed by atoms with Crippen molar-refractivity contribution in [1.29, 1.82) is 0 Å². The highest BCUT2D eigenvalue weighted by atomic mass is 19.4. The second kappa shape index (κ2) is 3.83. The van der Waals surface area contributed by atoms with Crippen LogP contribution < -0.4 is 0 Å². The van der Waals surface area contributed by atoms with Crippen LogP contribution in [0.4, 0.5) is 13.2 Å². The Morgan fingerprint density at radius 1 is 1.06 bits per heavy atom. The van der Waals surface area contributed by atoms with Gasteiger partial charge >= 0.3 is 6.18 Å². The zero-order valence-electron chi connectivity index (χ0n) is 9.71. The van der Waals surface area contributed by atoms with Gasteiger partial charge in [0.25, 0.3) is 11.8 Å². The number of halogens is 3. The van der Waals surface area contributed by atoms with Gasteiger partial charge in [0.2, 0.25) is 0 Å². The van der Waals surface area contributed by atoms with E-state index < -0.39 is 23.6 Å². The fourth-order valence-corrected chi connectivity index (χ4v) is 1.90. The number of hydrogen-bond acceptors (Lipinski definition) is 2. The molecular weight excluding hydrogens is 247 g/mol. The molecule has 0 unspecified atom stereocenters. The van der Waals surface area contributed by atoms with E-state index in [-0.39, 0.29) is 17.2 Å². The molecule has 2 amide bonds. The molecule has 1 heterocycles. The molecule has 2 rings (SSSR count). The van der Waals surface area contributed by atoms with Crippen LogP contribution in [0.3, 0.4) is 0 Å². The monoisotopic (exact) mass is 257 g/mol. The molecule has 0 saturated carbocycles. The van der Waals surface area contributed by atoms with Crippen molar-refractivity contribution in [1.82, 2.24) is 4.90 Å². The van der Waals surface area contributed by atoms with Gasteiger partial charge in [0.05, 0.1) is 16.7 Å². The number of amides is 2. The molecule has 18 heavy (non-hydrogen) atoms. The van der Waals surface area contributed by atoms with Crippen LogP contribution in [0.1, 0.15) is 40.1 Å². The summed E-state index contributed by atoms with van der Waals surface area (Å²) in [6.45, 7) is 3.26. The van der Waals surface area contributed by atoms with Crippen LogP contribution in [0.25, 0.3) is 0 Å². The van der Waals surface area contributed by atoms with Gasteiger partial charge < -0.3 is 0 Å². The summed E-state index contributed by atoms with van der Waals surface area (Å²) in [6.07, 6.45) is -4.52. The molecule has 0 radical (unpaired) electrons. The highest BCUT2D eigenvalue weighted by Gasteiger charge is 2.39. The first-order valence-electron chi connectivity index (χ1n) is 5.32. The lowest BCUT2D eigenvalue weighted by Crippen LogP contribution is -2.35. The highest BCUT2D eigenvalue weighted by Crippen LogP contribution is 2.33. The van der Waals surface area contributed by atoms with Gasteiger partial charge in [0.15, 0.2) is 0 Å². The molecule has 1 aromatic rings. The zero-order chi connectivity index (χ0) is 13.7. The molecule has 6 heteroatoms. The van der Waals surface area contributed by atoms with Crippen LogP contribution >= 0.6 is 0 Å². The van der Waals surface area contributed by atoms with Crippen LogP contribution in [0.2, 0.25) is 0 Å². The number of carbonyl (C=O) groups is 2. The fourth-order valence-electron chi connectivity index (χ4n) is 1.90. The summed E-state index contributed by atoms with van der Waals surface area (Å²) >= 11 is 0. The van der Waals surface area contributed by atoms with E-state index in [2.05, 4.69) is 0 Å². The molecule has 0 spiro atoms. The van der Waals surface area contributed by atoms with Gasteiger partial charge in [-0.1, -0.05) is 0 Å². The predicted octanol–water partition coefficient (Wildman–Crippen LogP) is 2.71. The average Bonchev–Trinajstić information content (AvgIpc) is 2.50. The van der Waals surface area contributed by atoms with Crippen LogP contribution in [0.5, 0.6) is 0 Å². The van der Waals surface area contributed by atoms with Gasteiger partial charge in [0, 0.05) is 6.04 Å². The molecule has 1 aromatic carbocycles. The van der Waals surface area contributed by atoms with Gasteiger partial charge in [-0.15, -0.1) is 0 Å². The van der Waals surface area contributed by atoms with E-state index in [0.29, 0.717) is 0 Å². The maximum absolute atomic E-state index is 12.5. The molecule has 0 saturated heterocycles. The molecule has 0 N–H and O–H groups in total. The predicted molar refractivity (Wildman–Crippen MR) is 57.1 cm³/mol. The molecule has 0 atom stereocenters. The minimum absolute atomic E-state index is 0.0294. The molecule has 3 nitrogen and oxygen atoms in total. The number of imide groups is 1. The number of nitrogens with zero attached hydrogens (tertiary/aromatic N) is 1. The lowest BCUT2D eigenvalue weighted by molar-refractivity contribution is -0.137. The van der Waals surface area contributed by atoms with Gasteiger partial charge in [-0.05, 0) is 32.0 Å². The first kappa shape index (κ1) is 12.6. The molecule has 1 aliphatic heterocycles. The second-order valence-electron chi connectivity index (χ2n) is 4.33. The Hall–Kier alpha value is -1.85. The minimum Gasteiger partial charge on any atom is -0.272 e. The van der Waals surface area contributed by atoms with E-state index >= 15 is 0 Å². The van der Waals surface area contributed by atoms with Gasteiger partial charge in [-0.2, -0.15) is 13.2 Å². The van der Waals surface area contributed by atoms with E-state index in [4.69, 9.17) is 0 Å². The summed E-state index contributed by atoms with van der Waals surface area (Å²) in [5, 5.41) is 0. The SMILES string of the molecule is CC(C)N1C(=O)c2ccc(C(F)(F)F)cc2C1=O. The molecule has 0 bridgehead atoms. The van der Waals surface area contributed by atoms with Crippen LogP contribution in [-0.4, -0.2) is 22.8 Å². The van der Waals surface area contributed by atoms with Crippen LogP contribution in [-0.2, 0) is 6.18 Å². The lowest BCUT2D eigenvalue weighted by Gasteiger charge is -2.17. The van der Waals surface area contributed by atoms with Crippen LogP contribution in [0, 0.1) is 0 Å². The van der Waals surface area contributed by atoms with Crippen LogP contribution in [0.15, 0.2) is 18.2 Å². The number of rotatable bonds is 1. The number of benzene rings is 1. The van der Waals surface area contributed by atoms with Crippen molar-refractivity contribution in [3.63, 3.8) is 0 Å². The smallest absolute Gasteiger partial charge is 0.272 e. The largest absolute Gasteiger partial charge is 0.416 e. The summed E-state index contributed by atoms with van der Waals surface area (Å²) in [5.41, 5.74) is -1.07. The Balaban J connectivity index is 2.53. The Morgan fingerprint density at radius 2 is 1.61 bits per heavy atom. The number of alkyl halides is 3. The molecular formula is C12H10F3NO2. The zero-order valence-corrected chi connectivity index (χ0v) is 9.71. The van der Waals surface area contributed by atoms with Crippen molar-refractivity contribution in [2.24, 2.45) is 0 Å². The number of hydrogen-bond donors (Lipinski definition) is 0. The fraction of sp³-hybridized carbons (Fsp3) is 0.333. The Kier molecular flexibility index (Phi) is 2.68. The van der Waals surface area contributed by atoms with Crippen molar-refractivity contribution in [2.45, 2.75) is 26.1 Å². The van der Waals surface area contributed by atoms with E-state index in [1.54, 1.807) is 13.8 Å². The van der Waals surface area contributed by atoms with Crippen molar-refractivity contribution in [2.75, 3.05) is 0 Å². The van der Waals surface area contributed by atoms with E-state index in [9.17, 15) is 22.8 Å². The van der Waals surface area contributed by atoms with E-state index in [0.717, 1.165) is 23.1 Å². The number of fused-ring (bicyclic) bond motifs is 1. The average molecular weight is 257 g/mol. The second-order valence-corrected chi connectivity index (χ2v) is 4.33. The summed E-state index contributed by atoms with van der Waals surface area (Å²) < 4.78 is 37.6. The molecule has 96 valence electrons. The first-order chi connectivity index (χ1) is 8.23. The Morgan fingerprint density at radius 3 is 2.11 bits per heavy atom. The van der Waals surface area contributed by atoms with Crippen molar-refractivity contribution in [3.05, 3.63) is 34.9 Å². The van der Waals surface area contributed by atoms with Gasteiger partial charge in [-0.25, -0.2) is 0 Å². The Bertz CT molecular complexity index is 535. The third-order valence-corrected chi connectivity index (χ3v) is 2.76. The highest BCUT2D eigenvalue weighted by molar-refractivity contribution is 6.21.